The summed E-state index contributed by atoms with van der Waals surface area (Å²) in [6, 6.07) is 7.19. The Kier molecular flexibility index (Phi) is 2.74. The largest absolute Gasteiger partial charge is 0.327 e. The maximum Gasteiger partial charge on any atom is 0.0113 e. The zero-order valence-electron chi connectivity index (χ0n) is 10.9. The molecule has 2 aliphatic carbocycles. The Balaban J connectivity index is 1.64. The van der Waals surface area contributed by atoms with Crippen molar-refractivity contribution in [3.63, 3.8) is 0 Å². The van der Waals surface area contributed by atoms with Crippen LogP contribution in [-0.4, -0.2) is 6.04 Å². The van der Waals surface area contributed by atoms with Gasteiger partial charge in [0.2, 0.25) is 0 Å². The Morgan fingerprint density at radius 1 is 1.18 bits per heavy atom. The lowest BCUT2D eigenvalue weighted by molar-refractivity contribution is 0.484. The van der Waals surface area contributed by atoms with E-state index in [9.17, 15) is 0 Å². The maximum absolute atomic E-state index is 6.39. The first kappa shape index (κ1) is 11.3. The van der Waals surface area contributed by atoms with Gasteiger partial charge in [0.25, 0.3) is 0 Å². The normalized spacial score (nSPS) is 32.3. The molecule has 2 aliphatic rings. The van der Waals surface area contributed by atoms with Crippen LogP contribution in [0.2, 0.25) is 0 Å². The van der Waals surface area contributed by atoms with Crippen LogP contribution in [0, 0.1) is 31.6 Å². The van der Waals surface area contributed by atoms with Crippen LogP contribution in [0.1, 0.15) is 36.0 Å². The van der Waals surface area contributed by atoms with Crippen molar-refractivity contribution in [2.24, 2.45) is 23.5 Å². The molecule has 2 saturated carbocycles. The summed E-state index contributed by atoms with van der Waals surface area (Å²) in [5.74, 6) is 2.80. The molecule has 3 atom stereocenters. The Morgan fingerprint density at radius 3 is 2.53 bits per heavy atom. The molecule has 0 aliphatic heterocycles. The second-order valence-corrected chi connectivity index (χ2v) is 6.12. The predicted molar refractivity (Wildman–Crippen MR) is 71.9 cm³/mol. The first-order valence-electron chi connectivity index (χ1n) is 6.98. The van der Waals surface area contributed by atoms with Crippen LogP contribution in [-0.2, 0) is 6.42 Å². The molecule has 0 amide bonds. The summed E-state index contributed by atoms with van der Waals surface area (Å²) in [6.45, 7) is 4.36. The summed E-state index contributed by atoms with van der Waals surface area (Å²) in [5.41, 5.74) is 10.6. The standard InChI is InChI=1S/C16H23N/c1-10-6-7-12(8-11(10)2)9-15(17)16-13-4-3-5-14(13)16/h6-8,13-16H,3-5,9,17H2,1-2H3. The topological polar surface area (TPSA) is 26.0 Å². The quantitative estimate of drug-likeness (QED) is 0.846. The summed E-state index contributed by atoms with van der Waals surface area (Å²) >= 11 is 0. The molecule has 0 radical (unpaired) electrons. The van der Waals surface area contributed by atoms with Gasteiger partial charge in [0, 0.05) is 6.04 Å². The van der Waals surface area contributed by atoms with Crippen molar-refractivity contribution in [1.29, 1.82) is 0 Å². The van der Waals surface area contributed by atoms with Gasteiger partial charge in [-0.2, -0.15) is 0 Å². The van der Waals surface area contributed by atoms with Crippen LogP contribution in [0.25, 0.3) is 0 Å². The van der Waals surface area contributed by atoms with E-state index in [2.05, 4.69) is 32.0 Å². The molecule has 0 saturated heterocycles. The van der Waals surface area contributed by atoms with Crippen LogP contribution in [0.4, 0.5) is 0 Å². The first-order chi connectivity index (χ1) is 8.16. The Hall–Kier alpha value is -0.820. The number of benzene rings is 1. The minimum Gasteiger partial charge on any atom is -0.327 e. The molecule has 2 N–H and O–H groups in total. The van der Waals surface area contributed by atoms with Crippen molar-refractivity contribution in [2.45, 2.75) is 45.6 Å². The van der Waals surface area contributed by atoms with Crippen LogP contribution in [0.5, 0.6) is 0 Å². The monoisotopic (exact) mass is 229 g/mol. The molecule has 0 spiro atoms. The highest BCUT2D eigenvalue weighted by molar-refractivity contribution is 5.30. The van der Waals surface area contributed by atoms with Crippen LogP contribution in [0.15, 0.2) is 18.2 Å². The third kappa shape index (κ3) is 2.01. The highest BCUT2D eigenvalue weighted by atomic mass is 14.7. The molecule has 0 aromatic heterocycles. The van der Waals surface area contributed by atoms with Gasteiger partial charge in [-0.05, 0) is 67.6 Å². The van der Waals surface area contributed by atoms with Crippen molar-refractivity contribution in [3.8, 4) is 0 Å². The fraction of sp³-hybridized carbons (Fsp3) is 0.625. The van der Waals surface area contributed by atoms with E-state index in [-0.39, 0.29) is 0 Å². The molecule has 0 heterocycles. The van der Waals surface area contributed by atoms with E-state index in [0.717, 1.165) is 24.2 Å². The van der Waals surface area contributed by atoms with Gasteiger partial charge in [-0.25, -0.2) is 0 Å². The number of aryl methyl sites for hydroxylation is 2. The van der Waals surface area contributed by atoms with Crippen molar-refractivity contribution in [3.05, 3.63) is 34.9 Å². The van der Waals surface area contributed by atoms with Gasteiger partial charge < -0.3 is 5.73 Å². The van der Waals surface area contributed by atoms with Crippen LogP contribution >= 0.6 is 0 Å². The van der Waals surface area contributed by atoms with Crippen molar-refractivity contribution in [2.75, 3.05) is 0 Å². The van der Waals surface area contributed by atoms with Gasteiger partial charge in [0.15, 0.2) is 0 Å². The second-order valence-electron chi connectivity index (χ2n) is 6.12. The molecule has 92 valence electrons. The van der Waals surface area contributed by atoms with E-state index < -0.39 is 0 Å². The van der Waals surface area contributed by atoms with Gasteiger partial charge in [-0.15, -0.1) is 0 Å². The van der Waals surface area contributed by atoms with E-state index in [0.29, 0.717) is 6.04 Å². The Labute approximate surface area is 104 Å². The average molecular weight is 229 g/mol. The van der Waals surface area contributed by atoms with Gasteiger partial charge >= 0.3 is 0 Å². The number of hydrogen-bond acceptors (Lipinski definition) is 1. The highest BCUT2D eigenvalue weighted by Crippen LogP contribution is 2.58. The fourth-order valence-electron chi connectivity index (χ4n) is 3.85. The number of hydrogen-bond donors (Lipinski definition) is 1. The van der Waals surface area contributed by atoms with Gasteiger partial charge in [-0.1, -0.05) is 24.6 Å². The molecular weight excluding hydrogens is 206 g/mol. The number of fused-ring (bicyclic) bond motifs is 1. The van der Waals surface area contributed by atoms with Crippen LogP contribution in [0.3, 0.4) is 0 Å². The first-order valence-corrected chi connectivity index (χ1v) is 6.98. The molecular formula is C16H23N. The molecule has 1 nitrogen and oxygen atoms in total. The van der Waals surface area contributed by atoms with Gasteiger partial charge in [0.05, 0.1) is 0 Å². The molecule has 3 rings (SSSR count). The number of nitrogens with two attached hydrogens (primary N) is 1. The molecule has 17 heavy (non-hydrogen) atoms. The summed E-state index contributed by atoms with van der Waals surface area (Å²) in [6.07, 6.45) is 5.40. The van der Waals surface area contributed by atoms with E-state index in [4.69, 9.17) is 5.73 Å². The molecule has 2 fully saturated rings. The van der Waals surface area contributed by atoms with Crippen LogP contribution < -0.4 is 5.73 Å². The van der Waals surface area contributed by atoms with Crippen molar-refractivity contribution in [1.82, 2.24) is 0 Å². The SMILES string of the molecule is Cc1ccc(CC(N)C2C3CCCC32)cc1C. The van der Waals surface area contributed by atoms with Crippen molar-refractivity contribution < 1.29 is 0 Å². The van der Waals surface area contributed by atoms with E-state index >= 15 is 0 Å². The average Bonchev–Trinajstić information content (AvgIpc) is 2.78. The Bertz CT molecular complexity index is 414. The summed E-state index contributed by atoms with van der Waals surface area (Å²) < 4.78 is 0. The van der Waals surface area contributed by atoms with E-state index in [1.807, 2.05) is 0 Å². The molecule has 0 bridgehead atoms. The van der Waals surface area contributed by atoms with Gasteiger partial charge in [-0.3, -0.25) is 0 Å². The summed E-state index contributed by atoms with van der Waals surface area (Å²) in [4.78, 5) is 0. The van der Waals surface area contributed by atoms with Crippen molar-refractivity contribution >= 4 is 0 Å². The zero-order valence-corrected chi connectivity index (χ0v) is 10.9. The number of rotatable bonds is 3. The molecule has 1 heteroatoms. The van der Waals surface area contributed by atoms with Gasteiger partial charge in [0.1, 0.15) is 0 Å². The second kappa shape index (κ2) is 4.13. The lowest BCUT2D eigenvalue weighted by atomic mass is 9.96. The summed E-state index contributed by atoms with van der Waals surface area (Å²) in [5, 5.41) is 0. The molecule has 1 aromatic carbocycles. The molecule has 1 aromatic rings. The molecule has 3 unspecified atom stereocenters. The minimum atomic E-state index is 0.396. The minimum absolute atomic E-state index is 0.396. The lowest BCUT2D eigenvalue weighted by Crippen LogP contribution is -2.27. The maximum atomic E-state index is 6.39. The third-order valence-corrected chi connectivity index (χ3v) is 5.01. The predicted octanol–water partition coefficient (Wildman–Crippen LogP) is 3.22. The lowest BCUT2D eigenvalue weighted by Gasteiger charge is -2.14. The smallest absolute Gasteiger partial charge is 0.0113 e. The Morgan fingerprint density at radius 2 is 1.88 bits per heavy atom. The van der Waals surface area contributed by atoms with E-state index in [1.165, 1.54) is 36.0 Å². The zero-order chi connectivity index (χ0) is 12.0. The van der Waals surface area contributed by atoms with E-state index in [1.54, 1.807) is 0 Å². The third-order valence-electron chi connectivity index (χ3n) is 5.01. The highest BCUT2D eigenvalue weighted by Gasteiger charge is 2.54. The fourth-order valence-corrected chi connectivity index (χ4v) is 3.85. The summed E-state index contributed by atoms with van der Waals surface area (Å²) in [7, 11) is 0.